The number of benzene rings is 1. The van der Waals surface area contributed by atoms with E-state index in [2.05, 4.69) is 15.6 Å². The lowest BCUT2D eigenvalue weighted by molar-refractivity contribution is -0.180. The van der Waals surface area contributed by atoms with Gasteiger partial charge in [0.05, 0.1) is 43.7 Å². The number of pyridine rings is 1. The lowest BCUT2D eigenvalue weighted by atomic mass is 9.99. The van der Waals surface area contributed by atoms with E-state index in [1.807, 2.05) is 0 Å². The zero-order valence-electron chi connectivity index (χ0n) is 16.3. The zero-order chi connectivity index (χ0) is 22.6. The summed E-state index contributed by atoms with van der Waals surface area (Å²) in [7, 11) is 1.49. The molecule has 11 heteroatoms. The molecule has 0 aliphatic carbocycles. The molecular weight excluding hydrogens is 412 g/mol. The summed E-state index contributed by atoms with van der Waals surface area (Å²) in [6.45, 7) is -1.46. The summed E-state index contributed by atoms with van der Waals surface area (Å²) in [6, 6.07) is 7.14. The van der Waals surface area contributed by atoms with Crippen LogP contribution in [0.4, 0.5) is 14.5 Å². The monoisotopic (exact) mass is 429 g/mol. The van der Waals surface area contributed by atoms with Crippen LogP contribution in [-0.2, 0) is 4.79 Å². The smallest absolute Gasteiger partial charge is 0.298 e. The van der Waals surface area contributed by atoms with Crippen LogP contribution in [0.15, 0.2) is 42.7 Å². The normalized spacial score (nSPS) is 16.5. The van der Waals surface area contributed by atoms with Crippen LogP contribution in [0.1, 0.15) is 20.7 Å². The van der Waals surface area contributed by atoms with Gasteiger partial charge in [-0.15, -0.1) is 0 Å². The Balaban J connectivity index is 1.64. The second-order valence-corrected chi connectivity index (χ2v) is 6.60. The van der Waals surface area contributed by atoms with E-state index in [-0.39, 0.29) is 11.3 Å². The number of hydrogen-bond donors (Lipinski definition) is 2. The molecule has 1 aliphatic rings. The molecule has 1 unspecified atom stereocenters. The van der Waals surface area contributed by atoms with Crippen molar-refractivity contribution in [2.45, 2.75) is 12.0 Å². The maximum Gasteiger partial charge on any atom is 0.298 e. The third-order valence-electron chi connectivity index (χ3n) is 4.60. The standard InChI is InChI=1S/C20H17F2N5O4/c1-31-13-4-2-12(3-5-13)18(29)26-15-9-24-7-6-14(15)19(30)25-10-17(28)27-11-20(21,22)16(27)8-23/h2-7,9,16H,10-11H2,1H3,(H,25,30)(H,26,29). The number of hydrogen-bond acceptors (Lipinski definition) is 6. The first-order valence-electron chi connectivity index (χ1n) is 9.01. The Bertz CT molecular complexity index is 1050. The van der Waals surface area contributed by atoms with Crippen LogP contribution < -0.4 is 15.4 Å². The zero-order valence-corrected chi connectivity index (χ0v) is 16.3. The van der Waals surface area contributed by atoms with Crippen molar-refractivity contribution in [2.75, 3.05) is 25.5 Å². The molecule has 31 heavy (non-hydrogen) atoms. The molecule has 0 spiro atoms. The average Bonchev–Trinajstić information content (AvgIpc) is 2.76. The molecule has 1 fully saturated rings. The first-order valence-corrected chi connectivity index (χ1v) is 9.01. The highest BCUT2D eigenvalue weighted by Crippen LogP contribution is 2.34. The molecule has 0 bridgehead atoms. The van der Waals surface area contributed by atoms with Crippen molar-refractivity contribution in [2.24, 2.45) is 0 Å². The summed E-state index contributed by atoms with van der Waals surface area (Å²) in [5.74, 6) is -4.73. The molecule has 0 saturated carbocycles. The van der Waals surface area contributed by atoms with Gasteiger partial charge in [-0.3, -0.25) is 19.4 Å². The number of amides is 3. The minimum absolute atomic E-state index is 0.0236. The van der Waals surface area contributed by atoms with Crippen LogP contribution in [0.3, 0.4) is 0 Å². The second-order valence-electron chi connectivity index (χ2n) is 6.60. The van der Waals surface area contributed by atoms with Gasteiger partial charge < -0.3 is 20.3 Å². The summed E-state index contributed by atoms with van der Waals surface area (Å²) >= 11 is 0. The minimum atomic E-state index is -3.27. The van der Waals surface area contributed by atoms with Crippen LogP contribution >= 0.6 is 0 Å². The topological polar surface area (TPSA) is 124 Å². The molecular formula is C20H17F2N5O4. The lowest BCUT2D eigenvalue weighted by Crippen LogP contribution is -2.67. The van der Waals surface area contributed by atoms with Crippen molar-refractivity contribution in [1.29, 1.82) is 5.26 Å². The third-order valence-corrected chi connectivity index (χ3v) is 4.60. The number of ether oxygens (including phenoxy) is 1. The molecule has 2 heterocycles. The van der Waals surface area contributed by atoms with Crippen molar-refractivity contribution in [3.63, 3.8) is 0 Å². The minimum Gasteiger partial charge on any atom is -0.497 e. The van der Waals surface area contributed by atoms with Crippen molar-refractivity contribution < 1.29 is 27.9 Å². The SMILES string of the molecule is COc1ccc(C(=O)Nc2cnccc2C(=O)NCC(=O)N2CC(F)(F)C2C#N)cc1. The molecule has 1 atom stereocenters. The Labute approximate surface area is 175 Å². The lowest BCUT2D eigenvalue weighted by Gasteiger charge is -2.43. The number of methoxy groups -OCH3 is 1. The van der Waals surface area contributed by atoms with E-state index >= 15 is 0 Å². The molecule has 3 amide bonds. The van der Waals surface area contributed by atoms with Gasteiger partial charge in [-0.1, -0.05) is 0 Å². The number of rotatable bonds is 6. The number of aromatic nitrogens is 1. The Kier molecular flexibility index (Phi) is 6.10. The Morgan fingerprint density at radius 3 is 2.58 bits per heavy atom. The van der Waals surface area contributed by atoms with Crippen molar-refractivity contribution in [1.82, 2.24) is 15.2 Å². The summed E-state index contributed by atoms with van der Waals surface area (Å²) in [5.41, 5.74) is 0.432. The summed E-state index contributed by atoms with van der Waals surface area (Å²) < 4.78 is 31.6. The van der Waals surface area contributed by atoms with E-state index in [0.717, 1.165) is 0 Å². The number of nitrogens with zero attached hydrogens (tertiary/aromatic N) is 3. The summed E-state index contributed by atoms with van der Waals surface area (Å²) in [5, 5.41) is 13.6. The first kappa shape index (κ1) is 21.6. The Morgan fingerprint density at radius 2 is 1.97 bits per heavy atom. The summed E-state index contributed by atoms with van der Waals surface area (Å²) in [6.07, 6.45) is 2.58. The Morgan fingerprint density at radius 1 is 1.26 bits per heavy atom. The quantitative estimate of drug-likeness (QED) is 0.716. The number of carbonyl (C=O) groups is 3. The first-order chi connectivity index (χ1) is 14.8. The molecule has 2 aromatic rings. The van der Waals surface area contributed by atoms with Gasteiger partial charge in [0.1, 0.15) is 5.75 Å². The van der Waals surface area contributed by atoms with Crippen molar-refractivity contribution in [3.8, 4) is 11.8 Å². The predicted molar refractivity (Wildman–Crippen MR) is 104 cm³/mol. The van der Waals surface area contributed by atoms with E-state index in [1.54, 1.807) is 12.1 Å². The maximum absolute atomic E-state index is 13.3. The molecule has 1 saturated heterocycles. The number of nitriles is 1. The van der Waals surface area contributed by atoms with Gasteiger partial charge in [-0.25, -0.2) is 8.78 Å². The average molecular weight is 429 g/mol. The van der Waals surface area contributed by atoms with Crippen LogP contribution in [0.5, 0.6) is 5.75 Å². The van der Waals surface area contributed by atoms with E-state index in [4.69, 9.17) is 10.00 Å². The molecule has 9 nitrogen and oxygen atoms in total. The number of nitrogens with one attached hydrogen (secondary N) is 2. The number of likely N-dealkylation sites (tertiary alicyclic amines) is 1. The van der Waals surface area contributed by atoms with Gasteiger partial charge in [-0.05, 0) is 30.3 Å². The number of halogens is 2. The number of carbonyl (C=O) groups excluding carboxylic acids is 3. The van der Waals surface area contributed by atoms with E-state index in [0.29, 0.717) is 16.2 Å². The van der Waals surface area contributed by atoms with Gasteiger partial charge in [0.25, 0.3) is 17.7 Å². The van der Waals surface area contributed by atoms with Crippen LogP contribution in [0.25, 0.3) is 0 Å². The molecule has 3 rings (SSSR count). The fourth-order valence-electron chi connectivity index (χ4n) is 2.90. The van der Waals surface area contributed by atoms with Gasteiger partial charge in [0.2, 0.25) is 5.91 Å². The van der Waals surface area contributed by atoms with Crippen molar-refractivity contribution in [3.05, 3.63) is 53.9 Å². The van der Waals surface area contributed by atoms with Crippen LogP contribution in [0, 0.1) is 11.3 Å². The maximum atomic E-state index is 13.3. The molecule has 1 aromatic heterocycles. The number of alkyl halides is 2. The van der Waals surface area contributed by atoms with Crippen LogP contribution in [0.2, 0.25) is 0 Å². The summed E-state index contributed by atoms with van der Waals surface area (Å²) in [4.78, 5) is 41.6. The highest BCUT2D eigenvalue weighted by atomic mass is 19.3. The fourth-order valence-corrected chi connectivity index (χ4v) is 2.90. The highest BCUT2D eigenvalue weighted by Gasteiger charge is 2.57. The highest BCUT2D eigenvalue weighted by molar-refractivity contribution is 6.09. The van der Waals surface area contributed by atoms with E-state index < -0.39 is 42.8 Å². The fraction of sp³-hybridized carbons (Fsp3) is 0.250. The van der Waals surface area contributed by atoms with Gasteiger partial charge in [0.15, 0.2) is 6.04 Å². The molecule has 2 N–H and O–H groups in total. The molecule has 0 radical (unpaired) electrons. The third kappa shape index (κ3) is 4.58. The predicted octanol–water partition coefficient (Wildman–Crippen LogP) is 1.44. The number of anilines is 1. The second kappa shape index (κ2) is 8.74. The molecule has 1 aromatic carbocycles. The molecule has 160 valence electrons. The molecule has 1 aliphatic heterocycles. The van der Waals surface area contributed by atoms with Crippen LogP contribution in [-0.4, -0.2) is 59.8 Å². The van der Waals surface area contributed by atoms with E-state index in [1.165, 1.54) is 43.8 Å². The largest absolute Gasteiger partial charge is 0.497 e. The Hall–Kier alpha value is -4.07. The van der Waals surface area contributed by atoms with Gasteiger partial charge in [0, 0.05) is 11.8 Å². The van der Waals surface area contributed by atoms with Crippen molar-refractivity contribution >= 4 is 23.4 Å². The van der Waals surface area contributed by atoms with E-state index in [9.17, 15) is 23.2 Å². The van der Waals surface area contributed by atoms with Gasteiger partial charge >= 0.3 is 0 Å². The van der Waals surface area contributed by atoms with Gasteiger partial charge in [-0.2, -0.15) is 5.26 Å².